The SMILES string of the molecule is Cc1ccc(S(=O)(=O)N(CC(=O)NCCCc2ccc(F)cc2)c2ccc(C)c(C)c2)cc1. The highest BCUT2D eigenvalue weighted by atomic mass is 32.2. The van der Waals surface area contributed by atoms with Crippen molar-refractivity contribution in [2.24, 2.45) is 0 Å². The van der Waals surface area contributed by atoms with Gasteiger partial charge in [0, 0.05) is 6.54 Å². The molecule has 0 aromatic heterocycles. The Bertz CT molecular complexity index is 1210. The molecule has 5 nitrogen and oxygen atoms in total. The number of carbonyl (C=O) groups excluding carboxylic acids is 1. The summed E-state index contributed by atoms with van der Waals surface area (Å²) in [5, 5.41) is 2.80. The van der Waals surface area contributed by atoms with Crippen molar-refractivity contribution in [1.82, 2.24) is 5.32 Å². The van der Waals surface area contributed by atoms with Gasteiger partial charge < -0.3 is 5.32 Å². The number of benzene rings is 3. The highest BCUT2D eigenvalue weighted by molar-refractivity contribution is 7.92. The number of halogens is 1. The maximum Gasteiger partial charge on any atom is 0.264 e. The molecule has 3 rings (SSSR count). The van der Waals surface area contributed by atoms with Gasteiger partial charge in [0.05, 0.1) is 10.6 Å². The molecule has 0 unspecified atom stereocenters. The minimum atomic E-state index is -3.94. The van der Waals surface area contributed by atoms with Gasteiger partial charge in [-0.3, -0.25) is 9.10 Å². The fourth-order valence-electron chi connectivity index (χ4n) is 3.39. The lowest BCUT2D eigenvalue weighted by atomic mass is 10.1. The van der Waals surface area contributed by atoms with Gasteiger partial charge in [0.1, 0.15) is 12.4 Å². The predicted octanol–water partition coefficient (Wildman–Crippen LogP) is 4.70. The van der Waals surface area contributed by atoms with Crippen molar-refractivity contribution in [3.05, 3.63) is 94.8 Å². The van der Waals surface area contributed by atoms with Crippen LogP contribution in [0.1, 0.15) is 28.7 Å². The van der Waals surface area contributed by atoms with Crippen molar-refractivity contribution < 1.29 is 17.6 Å². The highest BCUT2D eigenvalue weighted by Crippen LogP contribution is 2.26. The van der Waals surface area contributed by atoms with Crippen molar-refractivity contribution in [3.63, 3.8) is 0 Å². The third-order valence-corrected chi connectivity index (χ3v) is 7.34. The summed E-state index contributed by atoms with van der Waals surface area (Å²) in [6.07, 6.45) is 1.34. The van der Waals surface area contributed by atoms with Crippen LogP contribution >= 0.6 is 0 Å². The largest absolute Gasteiger partial charge is 0.355 e. The molecule has 0 saturated carbocycles. The number of hydrogen-bond donors (Lipinski definition) is 1. The lowest BCUT2D eigenvalue weighted by Gasteiger charge is -2.25. The van der Waals surface area contributed by atoms with Crippen LogP contribution in [0.15, 0.2) is 71.6 Å². The van der Waals surface area contributed by atoms with Crippen LogP contribution in [0.2, 0.25) is 0 Å². The fourth-order valence-corrected chi connectivity index (χ4v) is 4.80. The van der Waals surface area contributed by atoms with Crippen molar-refractivity contribution in [3.8, 4) is 0 Å². The van der Waals surface area contributed by atoms with E-state index in [2.05, 4.69) is 5.32 Å². The number of sulfonamides is 1. The summed E-state index contributed by atoms with van der Waals surface area (Å²) >= 11 is 0. The Labute approximate surface area is 195 Å². The molecular formula is C26H29FN2O3S. The lowest BCUT2D eigenvalue weighted by Crippen LogP contribution is -2.41. The zero-order valence-electron chi connectivity index (χ0n) is 19.1. The fraction of sp³-hybridized carbons (Fsp3) is 0.269. The molecule has 1 amide bonds. The quantitative estimate of drug-likeness (QED) is 0.463. The monoisotopic (exact) mass is 468 g/mol. The molecule has 0 aliphatic heterocycles. The number of anilines is 1. The van der Waals surface area contributed by atoms with Crippen LogP contribution in [0, 0.1) is 26.6 Å². The van der Waals surface area contributed by atoms with Gasteiger partial charge in [0.15, 0.2) is 0 Å². The average molecular weight is 469 g/mol. The first-order chi connectivity index (χ1) is 15.7. The van der Waals surface area contributed by atoms with E-state index >= 15 is 0 Å². The first kappa shape index (κ1) is 24.5. The van der Waals surface area contributed by atoms with E-state index < -0.39 is 10.0 Å². The van der Waals surface area contributed by atoms with Crippen molar-refractivity contribution >= 4 is 21.6 Å². The van der Waals surface area contributed by atoms with E-state index in [0.717, 1.165) is 26.6 Å². The van der Waals surface area contributed by atoms with Gasteiger partial charge in [0.25, 0.3) is 10.0 Å². The first-order valence-electron chi connectivity index (χ1n) is 10.8. The topological polar surface area (TPSA) is 66.5 Å². The van der Waals surface area contributed by atoms with Crippen molar-refractivity contribution in [2.45, 2.75) is 38.5 Å². The predicted molar refractivity (Wildman–Crippen MR) is 129 cm³/mol. The molecule has 0 saturated heterocycles. The molecule has 0 fully saturated rings. The second-order valence-corrected chi connectivity index (χ2v) is 10.0. The summed E-state index contributed by atoms with van der Waals surface area (Å²) in [5.74, 6) is -0.670. The number of carbonyl (C=O) groups is 1. The number of nitrogens with zero attached hydrogens (tertiary/aromatic N) is 1. The van der Waals surface area contributed by atoms with Gasteiger partial charge in [-0.2, -0.15) is 0 Å². The number of rotatable bonds is 9. The van der Waals surface area contributed by atoms with Crippen LogP contribution in [0.3, 0.4) is 0 Å². The molecule has 1 N–H and O–H groups in total. The Morgan fingerprint density at radius 1 is 0.909 bits per heavy atom. The molecule has 0 spiro atoms. The van der Waals surface area contributed by atoms with E-state index in [-0.39, 0.29) is 23.2 Å². The highest BCUT2D eigenvalue weighted by Gasteiger charge is 2.27. The molecule has 3 aromatic rings. The molecule has 0 aliphatic carbocycles. The zero-order valence-corrected chi connectivity index (χ0v) is 20.0. The number of amides is 1. The standard InChI is InChI=1S/C26H29FN2O3S/c1-19-6-14-25(15-7-19)33(31,32)29(24-13-8-20(2)21(3)17-24)18-26(30)28-16-4-5-22-9-11-23(27)12-10-22/h6-15,17H,4-5,16,18H2,1-3H3,(H,28,30). The summed E-state index contributed by atoms with van der Waals surface area (Å²) < 4.78 is 41.0. The normalized spacial score (nSPS) is 11.3. The minimum Gasteiger partial charge on any atom is -0.355 e. The van der Waals surface area contributed by atoms with Crippen molar-refractivity contribution in [1.29, 1.82) is 0 Å². The van der Waals surface area contributed by atoms with Crippen LogP contribution in [0.25, 0.3) is 0 Å². The molecule has 0 heterocycles. The second-order valence-electron chi connectivity index (χ2n) is 8.17. The molecule has 0 atom stereocenters. The van der Waals surface area contributed by atoms with E-state index in [1.54, 1.807) is 48.5 Å². The molecule has 174 valence electrons. The Hall–Kier alpha value is -3.19. The van der Waals surface area contributed by atoms with Crippen LogP contribution < -0.4 is 9.62 Å². The minimum absolute atomic E-state index is 0.135. The Morgan fingerprint density at radius 2 is 1.58 bits per heavy atom. The van der Waals surface area contributed by atoms with Gasteiger partial charge in [0.2, 0.25) is 5.91 Å². The van der Waals surface area contributed by atoms with Gasteiger partial charge >= 0.3 is 0 Å². The molecule has 33 heavy (non-hydrogen) atoms. The third kappa shape index (κ3) is 6.42. The summed E-state index contributed by atoms with van der Waals surface area (Å²) in [6.45, 7) is 5.81. The lowest BCUT2D eigenvalue weighted by molar-refractivity contribution is -0.119. The number of hydrogen-bond acceptors (Lipinski definition) is 3. The Kier molecular flexibility index (Phi) is 7.87. The Balaban J connectivity index is 1.73. The van der Waals surface area contributed by atoms with Gasteiger partial charge in [-0.05, 0) is 86.7 Å². The molecule has 0 bridgehead atoms. The van der Waals surface area contributed by atoms with Crippen LogP contribution in [-0.2, 0) is 21.2 Å². The van der Waals surface area contributed by atoms with E-state index in [1.807, 2.05) is 26.8 Å². The summed E-state index contributed by atoms with van der Waals surface area (Å²) in [7, 11) is -3.94. The number of nitrogens with one attached hydrogen (secondary N) is 1. The summed E-state index contributed by atoms with van der Waals surface area (Å²) in [6, 6.07) is 18.2. The smallest absolute Gasteiger partial charge is 0.264 e. The molecule has 0 radical (unpaired) electrons. The third-order valence-electron chi connectivity index (χ3n) is 5.55. The zero-order chi connectivity index (χ0) is 24.0. The van der Waals surface area contributed by atoms with E-state index in [9.17, 15) is 17.6 Å². The molecule has 7 heteroatoms. The summed E-state index contributed by atoms with van der Waals surface area (Å²) in [4.78, 5) is 12.8. The van der Waals surface area contributed by atoms with Gasteiger partial charge in [-0.15, -0.1) is 0 Å². The van der Waals surface area contributed by atoms with E-state index in [1.165, 1.54) is 12.1 Å². The average Bonchev–Trinajstić information content (AvgIpc) is 2.78. The van der Waals surface area contributed by atoms with Gasteiger partial charge in [-0.1, -0.05) is 35.9 Å². The summed E-state index contributed by atoms with van der Waals surface area (Å²) in [5.41, 5.74) is 4.35. The first-order valence-corrected chi connectivity index (χ1v) is 12.3. The molecule has 3 aromatic carbocycles. The molecule has 0 aliphatic rings. The van der Waals surface area contributed by atoms with Gasteiger partial charge in [-0.25, -0.2) is 12.8 Å². The Morgan fingerprint density at radius 3 is 2.21 bits per heavy atom. The molecular weight excluding hydrogens is 439 g/mol. The second kappa shape index (κ2) is 10.6. The van der Waals surface area contributed by atoms with E-state index in [4.69, 9.17) is 0 Å². The number of aryl methyl sites for hydroxylation is 4. The van der Waals surface area contributed by atoms with Crippen LogP contribution in [0.5, 0.6) is 0 Å². The maximum absolute atomic E-state index is 13.4. The van der Waals surface area contributed by atoms with Crippen LogP contribution in [-0.4, -0.2) is 27.4 Å². The maximum atomic E-state index is 13.4. The van der Waals surface area contributed by atoms with Crippen molar-refractivity contribution in [2.75, 3.05) is 17.4 Å². The van der Waals surface area contributed by atoms with Crippen LogP contribution in [0.4, 0.5) is 10.1 Å². The van der Waals surface area contributed by atoms with E-state index in [0.29, 0.717) is 25.1 Å².